The first kappa shape index (κ1) is 12.8. The third kappa shape index (κ3) is 2.79. The zero-order valence-corrected chi connectivity index (χ0v) is 10.5. The molecule has 1 N–H and O–H groups in total. The predicted octanol–water partition coefficient (Wildman–Crippen LogP) is 1.29. The molecule has 1 aliphatic rings. The Morgan fingerprint density at radius 1 is 1.56 bits per heavy atom. The standard InChI is InChI=1S/C13H18N2O3/c1-18-9-10-3-6-15(7-4-10)13(17)11-2-5-14-8-12(11)16/h2,5,8,10,16H,3-4,6-7,9H2,1H3. The highest BCUT2D eigenvalue weighted by Gasteiger charge is 2.24. The molecule has 1 saturated heterocycles. The van der Waals surface area contributed by atoms with Crippen LogP contribution in [0.5, 0.6) is 5.75 Å². The van der Waals surface area contributed by atoms with Gasteiger partial charge >= 0.3 is 0 Å². The number of likely N-dealkylation sites (tertiary alicyclic amines) is 1. The Labute approximate surface area is 106 Å². The lowest BCUT2D eigenvalue weighted by Crippen LogP contribution is -2.39. The summed E-state index contributed by atoms with van der Waals surface area (Å²) >= 11 is 0. The van der Waals surface area contributed by atoms with E-state index in [-0.39, 0.29) is 11.7 Å². The highest BCUT2D eigenvalue weighted by atomic mass is 16.5. The number of ether oxygens (including phenoxy) is 1. The summed E-state index contributed by atoms with van der Waals surface area (Å²) in [5.41, 5.74) is 0.329. The van der Waals surface area contributed by atoms with E-state index in [0.29, 0.717) is 24.6 Å². The van der Waals surface area contributed by atoms with E-state index in [1.807, 2.05) is 0 Å². The Kier molecular flexibility index (Phi) is 4.15. The van der Waals surface area contributed by atoms with Gasteiger partial charge < -0.3 is 14.7 Å². The average molecular weight is 250 g/mol. The van der Waals surface area contributed by atoms with Gasteiger partial charge in [0.2, 0.25) is 0 Å². The van der Waals surface area contributed by atoms with Crippen LogP contribution in [0.2, 0.25) is 0 Å². The molecule has 1 aromatic heterocycles. The van der Waals surface area contributed by atoms with Gasteiger partial charge in [0.1, 0.15) is 5.75 Å². The minimum absolute atomic E-state index is 0.0542. The van der Waals surface area contributed by atoms with Gasteiger partial charge in [-0.3, -0.25) is 9.78 Å². The Hall–Kier alpha value is -1.62. The maximum atomic E-state index is 12.2. The second-order valence-electron chi connectivity index (χ2n) is 4.58. The molecule has 0 radical (unpaired) electrons. The number of methoxy groups -OCH3 is 1. The number of piperidine rings is 1. The van der Waals surface area contributed by atoms with Crippen LogP contribution in [0.4, 0.5) is 0 Å². The van der Waals surface area contributed by atoms with E-state index in [0.717, 1.165) is 19.4 Å². The van der Waals surface area contributed by atoms with Crippen molar-refractivity contribution >= 4 is 5.91 Å². The van der Waals surface area contributed by atoms with Gasteiger partial charge in [0.25, 0.3) is 5.91 Å². The number of carbonyl (C=O) groups excluding carboxylic acids is 1. The first-order valence-electron chi connectivity index (χ1n) is 6.13. The summed E-state index contributed by atoms with van der Waals surface area (Å²) in [5.74, 6) is 0.359. The number of aromatic nitrogens is 1. The molecule has 2 heterocycles. The molecule has 0 unspecified atom stereocenters. The molecule has 0 aromatic carbocycles. The third-order valence-corrected chi connectivity index (χ3v) is 3.33. The molecule has 0 bridgehead atoms. The van der Waals surface area contributed by atoms with Gasteiger partial charge in [-0.05, 0) is 24.8 Å². The molecule has 1 amide bonds. The third-order valence-electron chi connectivity index (χ3n) is 3.33. The second kappa shape index (κ2) is 5.82. The molecule has 98 valence electrons. The summed E-state index contributed by atoms with van der Waals surface area (Å²) in [7, 11) is 1.70. The van der Waals surface area contributed by atoms with Gasteiger partial charge in [0, 0.05) is 33.0 Å². The fraction of sp³-hybridized carbons (Fsp3) is 0.538. The molecule has 18 heavy (non-hydrogen) atoms. The average Bonchev–Trinajstić information content (AvgIpc) is 2.40. The molecule has 1 aromatic rings. The lowest BCUT2D eigenvalue weighted by molar-refractivity contribution is 0.0611. The monoisotopic (exact) mass is 250 g/mol. The normalized spacial score (nSPS) is 16.8. The molecule has 0 spiro atoms. The van der Waals surface area contributed by atoms with Crippen molar-refractivity contribution in [3.8, 4) is 5.75 Å². The summed E-state index contributed by atoms with van der Waals surface area (Å²) in [5, 5.41) is 9.62. The van der Waals surface area contributed by atoms with E-state index < -0.39 is 0 Å². The van der Waals surface area contributed by atoms with Gasteiger partial charge in [-0.15, -0.1) is 0 Å². The fourth-order valence-corrected chi connectivity index (χ4v) is 2.28. The van der Waals surface area contributed by atoms with Crippen LogP contribution in [-0.4, -0.2) is 47.7 Å². The van der Waals surface area contributed by atoms with Crippen LogP contribution in [0, 0.1) is 5.92 Å². The maximum absolute atomic E-state index is 12.2. The van der Waals surface area contributed by atoms with E-state index in [1.165, 1.54) is 12.4 Å². The van der Waals surface area contributed by atoms with Gasteiger partial charge in [-0.25, -0.2) is 0 Å². The van der Waals surface area contributed by atoms with Crippen molar-refractivity contribution < 1.29 is 14.6 Å². The number of aromatic hydroxyl groups is 1. The maximum Gasteiger partial charge on any atom is 0.257 e. The molecule has 5 heteroatoms. The van der Waals surface area contributed by atoms with E-state index in [9.17, 15) is 9.90 Å². The Bertz CT molecular complexity index is 414. The number of carbonyl (C=O) groups is 1. The molecule has 0 aliphatic carbocycles. The lowest BCUT2D eigenvalue weighted by atomic mass is 9.97. The zero-order chi connectivity index (χ0) is 13.0. The smallest absolute Gasteiger partial charge is 0.257 e. The molecule has 1 fully saturated rings. The van der Waals surface area contributed by atoms with Crippen molar-refractivity contribution in [3.63, 3.8) is 0 Å². The topological polar surface area (TPSA) is 62.7 Å². The molecule has 0 saturated carbocycles. The Morgan fingerprint density at radius 3 is 2.89 bits per heavy atom. The number of amides is 1. The Morgan fingerprint density at radius 2 is 2.28 bits per heavy atom. The molecular weight excluding hydrogens is 232 g/mol. The molecular formula is C13H18N2O3. The van der Waals surface area contributed by atoms with Crippen LogP contribution in [0.1, 0.15) is 23.2 Å². The highest BCUT2D eigenvalue weighted by Crippen LogP contribution is 2.22. The van der Waals surface area contributed by atoms with Crippen molar-refractivity contribution in [2.45, 2.75) is 12.8 Å². The number of rotatable bonds is 3. The van der Waals surface area contributed by atoms with Crippen LogP contribution in [0.3, 0.4) is 0 Å². The van der Waals surface area contributed by atoms with Crippen LogP contribution < -0.4 is 0 Å². The quantitative estimate of drug-likeness (QED) is 0.878. The van der Waals surface area contributed by atoms with Crippen LogP contribution in [0.25, 0.3) is 0 Å². The Balaban J connectivity index is 1.98. The van der Waals surface area contributed by atoms with Crippen molar-refractivity contribution in [2.24, 2.45) is 5.92 Å². The number of nitrogens with zero attached hydrogens (tertiary/aromatic N) is 2. The minimum atomic E-state index is -0.120. The lowest BCUT2D eigenvalue weighted by Gasteiger charge is -2.31. The summed E-state index contributed by atoms with van der Waals surface area (Å²) < 4.78 is 5.13. The highest BCUT2D eigenvalue weighted by molar-refractivity contribution is 5.96. The summed E-state index contributed by atoms with van der Waals surface area (Å²) in [4.78, 5) is 17.7. The molecule has 1 aliphatic heterocycles. The largest absolute Gasteiger partial charge is 0.505 e. The minimum Gasteiger partial charge on any atom is -0.505 e. The number of hydrogen-bond donors (Lipinski definition) is 1. The van der Waals surface area contributed by atoms with Crippen LogP contribution in [-0.2, 0) is 4.74 Å². The van der Waals surface area contributed by atoms with Crippen LogP contribution in [0.15, 0.2) is 18.5 Å². The van der Waals surface area contributed by atoms with Crippen molar-refractivity contribution in [3.05, 3.63) is 24.0 Å². The van der Waals surface area contributed by atoms with Crippen molar-refractivity contribution in [1.29, 1.82) is 0 Å². The summed E-state index contributed by atoms with van der Waals surface area (Å²) in [6, 6.07) is 1.55. The van der Waals surface area contributed by atoms with Gasteiger partial charge in [-0.2, -0.15) is 0 Å². The molecule has 2 rings (SSSR count). The summed E-state index contributed by atoms with van der Waals surface area (Å²) in [6.07, 6.45) is 4.71. The second-order valence-corrected chi connectivity index (χ2v) is 4.58. The van der Waals surface area contributed by atoms with E-state index in [4.69, 9.17) is 4.74 Å². The number of pyridine rings is 1. The molecule has 0 atom stereocenters. The van der Waals surface area contributed by atoms with Gasteiger partial charge in [0.05, 0.1) is 11.8 Å². The van der Waals surface area contributed by atoms with E-state index in [1.54, 1.807) is 18.1 Å². The molecule has 5 nitrogen and oxygen atoms in total. The number of hydrogen-bond acceptors (Lipinski definition) is 4. The van der Waals surface area contributed by atoms with E-state index >= 15 is 0 Å². The van der Waals surface area contributed by atoms with Crippen molar-refractivity contribution in [2.75, 3.05) is 26.8 Å². The predicted molar refractivity (Wildman–Crippen MR) is 66.4 cm³/mol. The summed E-state index contributed by atoms with van der Waals surface area (Å²) in [6.45, 7) is 2.19. The van der Waals surface area contributed by atoms with Crippen LogP contribution >= 0.6 is 0 Å². The van der Waals surface area contributed by atoms with Gasteiger partial charge in [-0.1, -0.05) is 0 Å². The SMILES string of the molecule is COCC1CCN(C(=O)c2ccncc2O)CC1. The van der Waals surface area contributed by atoms with E-state index in [2.05, 4.69) is 4.98 Å². The fourth-order valence-electron chi connectivity index (χ4n) is 2.28. The first-order chi connectivity index (χ1) is 8.72. The zero-order valence-electron chi connectivity index (χ0n) is 10.5. The van der Waals surface area contributed by atoms with Gasteiger partial charge in [0.15, 0.2) is 0 Å². The van der Waals surface area contributed by atoms with Crippen molar-refractivity contribution in [1.82, 2.24) is 9.88 Å². The first-order valence-corrected chi connectivity index (χ1v) is 6.13.